The van der Waals surface area contributed by atoms with Crippen molar-refractivity contribution in [2.24, 2.45) is 46.3 Å². The SMILES string of the molecule is C[C@H](CCC(=O)O)[C@H]1CC[C@H]2[C@@H]3CCC4CC(OC=O)CC[C@]4(C)[C@H]3CC(=O)[C@]12C. The topological polar surface area (TPSA) is 80.7 Å². The fourth-order valence-electron chi connectivity index (χ4n) is 8.62. The van der Waals surface area contributed by atoms with Crippen LogP contribution in [-0.4, -0.2) is 29.4 Å². The second-order valence-corrected chi connectivity index (χ2v) is 11.3. The van der Waals surface area contributed by atoms with Crippen LogP contribution in [0, 0.1) is 46.3 Å². The Bertz CT molecular complexity index is 704. The van der Waals surface area contributed by atoms with Crippen LogP contribution in [0.15, 0.2) is 0 Å². The predicted molar refractivity (Wildman–Crippen MR) is 113 cm³/mol. The summed E-state index contributed by atoms with van der Waals surface area (Å²) in [4.78, 5) is 35.6. The quantitative estimate of drug-likeness (QED) is 0.623. The lowest BCUT2D eigenvalue weighted by Gasteiger charge is -2.60. The zero-order valence-corrected chi connectivity index (χ0v) is 18.8. The summed E-state index contributed by atoms with van der Waals surface area (Å²) in [5.74, 6) is 2.34. The molecular formula is C25H38O5. The van der Waals surface area contributed by atoms with Gasteiger partial charge in [0.1, 0.15) is 11.9 Å². The molecule has 9 atom stereocenters. The number of aliphatic carboxylic acids is 1. The summed E-state index contributed by atoms with van der Waals surface area (Å²) in [6.07, 6.45) is 9.05. The lowest BCUT2D eigenvalue weighted by atomic mass is 9.44. The summed E-state index contributed by atoms with van der Waals surface area (Å²) in [5, 5.41) is 9.10. The Morgan fingerprint density at radius 3 is 2.67 bits per heavy atom. The summed E-state index contributed by atoms with van der Waals surface area (Å²) >= 11 is 0. The number of hydrogen-bond acceptors (Lipinski definition) is 4. The van der Waals surface area contributed by atoms with E-state index in [0.29, 0.717) is 54.7 Å². The average molecular weight is 419 g/mol. The number of carboxylic acids is 1. The van der Waals surface area contributed by atoms with Crippen molar-refractivity contribution in [3.63, 3.8) is 0 Å². The van der Waals surface area contributed by atoms with Crippen LogP contribution in [0.4, 0.5) is 0 Å². The van der Waals surface area contributed by atoms with Crippen LogP contribution in [0.5, 0.6) is 0 Å². The minimum Gasteiger partial charge on any atom is -0.481 e. The molecule has 5 heteroatoms. The van der Waals surface area contributed by atoms with Gasteiger partial charge in [0.15, 0.2) is 0 Å². The maximum absolute atomic E-state index is 13.7. The van der Waals surface area contributed by atoms with Gasteiger partial charge >= 0.3 is 5.97 Å². The second-order valence-electron chi connectivity index (χ2n) is 11.3. The van der Waals surface area contributed by atoms with Gasteiger partial charge in [0.05, 0.1) is 0 Å². The molecule has 4 aliphatic rings. The van der Waals surface area contributed by atoms with E-state index in [2.05, 4.69) is 20.8 Å². The van der Waals surface area contributed by atoms with Crippen molar-refractivity contribution in [2.75, 3.05) is 0 Å². The van der Waals surface area contributed by atoms with Crippen LogP contribution in [0.1, 0.15) is 85.0 Å². The van der Waals surface area contributed by atoms with Gasteiger partial charge in [-0.2, -0.15) is 0 Å². The third kappa shape index (κ3) is 3.31. The van der Waals surface area contributed by atoms with Crippen molar-refractivity contribution in [3.05, 3.63) is 0 Å². The van der Waals surface area contributed by atoms with Gasteiger partial charge in [0, 0.05) is 18.3 Å². The Morgan fingerprint density at radius 2 is 1.97 bits per heavy atom. The summed E-state index contributed by atoms with van der Waals surface area (Å²) in [6.45, 7) is 7.38. The zero-order chi connectivity index (χ0) is 21.7. The number of fused-ring (bicyclic) bond motifs is 5. The molecule has 1 N–H and O–H groups in total. The minimum absolute atomic E-state index is 0.0487. The Kier molecular flexibility index (Phi) is 5.78. The highest BCUT2D eigenvalue weighted by Gasteiger charge is 2.64. The van der Waals surface area contributed by atoms with E-state index in [0.717, 1.165) is 32.1 Å². The van der Waals surface area contributed by atoms with Crippen molar-refractivity contribution in [2.45, 2.75) is 91.1 Å². The van der Waals surface area contributed by atoms with E-state index in [1.807, 2.05) is 0 Å². The number of hydrogen-bond donors (Lipinski definition) is 1. The molecule has 0 aromatic heterocycles. The first-order chi connectivity index (χ1) is 14.2. The molecule has 4 aliphatic carbocycles. The lowest BCUT2D eigenvalue weighted by molar-refractivity contribution is -0.163. The van der Waals surface area contributed by atoms with Crippen LogP contribution in [0.25, 0.3) is 0 Å². The average Bonchev–Trinajstić information content (AvgIpc) is 3.06. The largest absolute Gasteiger partial charge is 0.481 e. The molecule has 168 valence electrons. The van der Waals surface area contributed by atoms with Crippen LogP contribution in [0.3, 0.4) is 0 Å². The monoisotopic (exact) mass is 418 g/mol. The third-order valence-corrected chi connectivity index (χ3v) is 10.3. The minimum atomic E-state index is -0.739. The van der Waals surface area contributed by atoms with E-state index in [1.54, 1.807) is 0 Å². The number of rotatable bonds is 6. The van der Waals surface area contributed by atoms with Crippen molar-refractivity contribution in [3.8, 4) is 0 Å². The lowest BCUT2D eigenvalue weighted by Crippen LogP contribution is -2.57. The van der Waals surface area contributed by atoms with Crippen molar-refractivity contribution in [1.29, 1.82) is 0 Å². The number of ketones is 1. The highest BCUT2D eigenvalue weighted by Crippen LogP contribution is 2.67. The molecular weight excluding hydrogens is 380 g/mol. The first kappa shape index (κ1) is 21.8. The Hall–Kier alpha value is -1.39. The Morgan fingerprint density at radius 1 is 1.20 bits per heavy atom. The fraction of sp³-hybridized carbons (Fsp3) is 0.880. The Balaban J connectivity index is 1.54. The van der Waals surface area contributed by atoms with Gasteiger partial charge in [-0.15, -0.1) is 0 Å². The normalized spacial score (nSPS) is 46.3. The van der Waals surface area contributed by atoms with Crippen molar-refractivity contribution < 1.29 is 24.2 Å². The van der Waals surface area contributed by atoms with Gasteiger partial charge in [-0.05, 0) is 92.3 Å². The summed E-state index contributed by atoms with van der Waals surface area (Å²) < 4.78 is 5.31. The van der Waals surface area contributed by atoms with Gasteiger partial charge in [-0.3, -0.25) is 14.4 Å². The zero-order valence-electron chi connectivity index (χ0n) is 18.8. The molecule has 4 rings (SSSR count). The Labute approximate surface area is 180 Å². The molecule has 0 spiro atoms. The van der Waals surface area contributed by atoms with Crippen molar-refractivity contribution in [1.82, 2.24) is 0 Å². The van der Waals surface area contributed by atoms with E-state index in [1.165, 1.54) is 12.8 Å². The molecule has 0 amide bonds. The number of carbonyl (C=O) groups excluding carboxylic acids is 2. The highest BCUT2D eigenvalue weighted by molar-refractivity contribution is 5.87. The first-order valence-electron chi connectivity index (χ1n) is 12.1. The molecule has 4 fully saturated rings. The molecule has 0 aliphatic heterocycles. The summed E-state index contributed by atoms with van der Waals surface area (Å²) in [6, 6.07) is 0. The van der Waals surface area contributed by atoms with Gasteiger partial charge in [-0.25, -0.2) is 0 Å². The fourth-order valence-corrected chi connectivity index (χ4v) is 8.62. The number of ether oxygens (including phenoxy) is 1. The van der Waals surface area contributed by atoms with E-state index in [-0.39, 0.29) is 29.3 Å². The standard InChI is InChI=1S/C25H38O5/c1-15(4-9-23(28)29)19-7-8-20-18-6-5-16-12-17(30-14-26)10-11-24(16,2)21(18)13-22(27)25(19,20)3/h14-21H,4-13H2,1-3H3,(H,28,29)/t15-,16?,17?,18+,19-,20+,21+,24+,25-/m1/s1. The van der Waals surface area contributed by atoms with Gasteiger partial charge < -0.3 is 9.84 Å². The van der Waals surface area contributed by atoms with Gasteiger partial charge in [0.25, 0.3) is 6.47 Å². The van der Waals surface area contributed by atoms with Crippen LogP contribution < -0.4 is 0 Å². The first-order valence-corrected chi connectivity index (χ1v) is 12.1. The number of Topliss-reactive ketones (excluding diaryl/α,β-unsaturated/α-hetero) is 1. The summed E-state index contributed by atoms with van der Waals surface area (Å²) in [7, 11) is 0. The molecule has 0 aromatic rings. The smallest absolute Gasteiger partial charge is 0.303 e. The van der Waals surface area contributed by atoms with E-state index in [4.69, 9.17) is 9.84 Å². The van der Waals surface area contributed by atoms with Crippen LogP contribution >= 0.6 is 0 Å². The number of carboxylic acid groups (broad SMARTS) is 1. The van der Waals surface area contributed by atoms with E-state index >= 15 is 0 Å². The molecule has 4 saturated carbocycles. The summed E-state index contributed by atoms with van der Waals surface area (Å²) in [5.41, 5.74) is -0.101. The van der Waals surface area contributed by atoms with Crippen LogP contribution in [0.2, 0.25) is 0 Å². The maximum atomic E-state index is 13.7. The second kappa shape index (κ2) is 7.94. The van der Waals surface area contributed by atoms with Crippen LogP contribution in [-0.2, 0) is 19.1 Å². The molecule has 2 unspecified atom stereocenters. The molecule has 0 radical (unpaired) electrons. The van der Waals surface area contributed by atoms with E-state index in [9.17, 15) is 14.4 Å². The van der Waals surface area contributed by atoms with Crippen molar-refractivity contribution >= 4 is 18.2 Å². The maximum Gasteiger partial charge on any atom is 0.303 e. The van der Waals surface area contributed by atoms with Gasteiger partial charge in [-0.1, -0.05) is 20.8 Å². The molecule has 0 saturated heterocycles. The number of carbonyl (C=O) groups is 3. The van der Waals surface area contributed by atoms with Gasteiger partial charge in [0.2, 0.25) is 0 Å². The molecule has 0 bridgehead atoms. The highest BCUT2D eigenvalue weighted by atomic mass is 16.5. The predicted octanol–water partition coefficient (Wildman–Crippen LogP) is 4.87. The molecule has 30 heavy (non-hydrogen) atoms. The molecule has 0 aromatic carbocycles. The third-order valence-electron chi connectivity index (χ3n) is 10.3. The molecule has 5 nitrogen and oxygen atoms in total. The van der Waals surface area contributed by atoms with E-state index < -0.39 is 5.97 Å². The molecule has 0 heterocycles.